The van der Waals surface area contributed by atoms with Gasteiger partial charge in [-0.2, -0.15) is 0 Å². The summed E-state index contributed by atoms with van der Waals surface area (Å²) in [5.41, 5.74) is 8.37. The van der Waals surface area contributed by atoms with Gasteiger partial charge < -0.3 is 5.73 Å². The number of nitrogens with two attached hydrogens (primary N) is 1. The van der Waals surface area contributed by atoms with Crippen molar-refractivity contribution in [2.75, 3.05) is 6.54 Å². The smallest absolute Gasteiger partial charge is 0.0408 e. The minimum Gasteiger partial charge on any atom is -0.330 e. The molecule has 0 spiro atoms. The molecule has 0 aliphatic heterocycles. The number of benzene rings is 2. The van der Waals surface area contributed by atoms with E-state index in [-0.39, 0.29) is 5.92 Å². The van der Waals surface area contributed by atoms with Crippen molar-refractivity contribution in [1.29, 1.82) is 0 Å². The van der Waals surface area contributed by atoms with Gasteiger partial charge >= 0.3 is 0 Å². The quantitative estimate of drug-likeness (QED) is 0.858. The summed E-state index contributed by atoms with van der Waals surface area (Å²) in [4.78, 5) is 0. The number of rotatable bonds is 4. The van der Waals surface area contributed by atoms with Gasteiger partial charge in [0.05, 0.1) is 0 Å². The fourth-order valence-electron chi connectivity index (χ4n) is 2.36. The van der Waals surface area contributed by atoms with Crippen LogP contribution in [-0.4, -0.2) is 6.54 Å². The van der Waals surface area contributed by atoms with Crippen LogP contribution in [0.1, 0.15) is 29.9 Å². The van der Waals surface area contributed by atoms with E-state index in [2.05, 4.69) is 25.1 Å². The Balaban J connectivity index is 2.28. The van der Waals surface area contributed by atoms with E-state index in [0.717, 1.165) is 10.0 Å². The van der Waals surface area contributed by atoms with Crippen molar-refractivity contribution in [3.63, 3.8) is 0 Å². The first-order chi connectivity index (χ1) is 9.11. The minimum absolute atomic E-state index is 0.250. The lowest BCUT2D eigenvalue weighted by molar-refractivity contribution is 0.585. The number of hydrogen-bond acceptors (Lipinski definition) is 1. The van der Waals surface area contributed by atoms with E-state index in [1.54, 1.807) is 0 Å². The van der Waals surface area contributed by atoms with E-state index < -0.39 is 0 Å². The molecule has 0 aromatic heterocycles. The summed E-state index contributed by atoms with van der Waals surface area (Å²) in [6, 6.07) is 15.9. The summed E-state index contributed by atoms with van der Waals surface area (Å²) in [5.74, 6) is 0.570. The second kappa shape index (κ2) is 6.42. The Morgan fingerprint density at radius 3 is 2.21 bits per heavy atom. The Kier molecular flexibility index (Phi) is 4.87. The molecule has 0 aliphatic rings. The molecule has 0 amide bonds. The highest BCUT2D eigenvalue weighted by molar-refractivity contribution is 6.30. The van der Waals surface area contributed by atoms with Crippen LogP contribution in [0, 0.1) is 0 Å². The molecule has 2 rings (SSSR count). The third-order valence-electron chi connectivity index (χ3n) is 3.53. The van der Waals surface area contributed by atoms with Crippen LogP contribution in [-0.2, 0) is 0 Å². The van der Waals surface area contributed by atoms with Crippen LogP contribution in [0.5, 0.6) is 0 Å². The molecule has 100 valence electrons. The van der Waals surface area contributed by atoms with Gasteiger partial charge in [-0.15, -0.1) is 0 Å². The molecule has 2 aromatic carbocycles. The first kappa shape index (κ1) is 14.4. The molecular weight excluding hydrogens is 277 g/mol. The van der Waals surface area contributed by atoms with E-state index >= 15 is 0 Å². The highest BCUT2D eigenvalue weighted by Crippen LogP contribution is 2.33. The molecule has 19 heavy (non-hydrogen) atoms. The van der Waals surface area contributed by atoms with Gasteiger partial charge in [-0.1, -0.05) is 54.4 Å². The van der Waals surface area contributed by atoms with Crippen LogP contribution in [0.4, 0.5) is 0 Å². The molecule has 2 atom stereocenters. The van der Waals surface area contributed by atoms with E-state index in [9.17, 15) is 0 Å². The van der Waals surface area contributed by atoms with E-state index in [0.29, 0.717) is 12.5 Å². The standard InChI is InChI=1S/C16H17Cl2N/c1-11(12-5-7-14(17)8-6-12)16(10-19)13-3-2-4-15(18)9-13/h2-9,11,16H,10,19H2,1H3. The molecule has 2 unspecified atom stereocenters. The van der Waals surface area contributed by atoms with Crippen molar-refractivity contribution < 1.29 is 0 Å². The highest BCUT2D eigenvalue weighted by Gasteiger charge is 2.19. The van der Waals surface area contributed by atoms with Crippen LogP contribution in [0.2, 0.25) is 10.0 Å². The maximum atomic E-state index is 6.06. The fraction of sp³-hybridized carbons (Fsp3) is 0.250. The third-order valence-corrected chi connectivity index (χ3v) is 4.02. The van der Waals surface area contributed by atoms with Crippen molar-refractivity contribution in [3.05, 3.63) is 69.7 Å². The molecule has 3 heteroatoms. The van der Waals surface area contributed by atoms with Gasteiger partial charge in [0.15, 0.2) is 0 Å². The molecule has 1 nitrogen and oxygen atoms in total. The SMILES string of the molecule is CC(c1ccc(Cl)cc1)C(CN)c1cccc(Cl)c1. The maximum Gasteiger partial charge on any atom is 0.0408 e. The number of hydrogen-bond donors (Lipinski definition) is 1. The van der Waals surface area contributed by atoms with Gasteiger partial charge in [0.25, 0.3) is 0 Å². The summed E-state index contributed by atoms with van der Waals surface area (Å²) in [6.45, 7) is 2.77. The minimum atomic E-state index is 0.250. The van der Waals surface area contributed by atoms with Gasteiger partial charge in [-0.25, -0.2) is 0 Å². The van der Waals surface area contributed by atoms with Crippen LogP contribution >= 0.6 is 23.2 Å². The van der Waals surface area contributed by atoms with Crippen molar-refractivity contribution in [2.45, 2.75) is 18.8 Å². The zero-order valence-electron chi connectivity index (χ0n) is 10.8. The predicted octanol–water partition coefficient (Wildman–Crippen LogP) is 4.84. The molecule has 0 saturated carbocycles. The van der Waals surface area contributed by atoms with E-state index in [1.165, 1.54) is 11.1 Å². The summed E-state index contributed by atoms with van der Waals surface area (Å²) >= 11 is 12.0. The van der Waals surface area contributed by atoms with Crippen molar-refractivity contribution in [2.24, 2.45) is 5.73 Å². The lowest BCUT2D eigenvalue weighted by atomic mass is 9.83. The number of halogens is 2. The molecule has 2 N–H and O–H groups in total. The fourth-order valence-corrected chi connectivity index (χ4v) is 2.69. The molecule has 0 heterocycles. The topological polar surface area (TPSA) is 26.0 Å². The Labute approximate surface area is 124 Å². The normalized spacial score (nSPS) is 14.1. The van der Waals surface area contributed by atoms with Gasteiger partial charge in [0, 0.05) is 16.0 Å². The zero-order chi connectivity index (χ0) is 13.8. The lowest BCUT2D eigenvalue weighted by Gasteiger charge is -2.23. The Hall–Kier alpha value is -1.02. The first-order valence-corrected chi connectivity index (χ1v) is 7.08. The summed E-state index contributed by atoms with van der Waals surface area (Å²) < 4.78 is 0. The van der Waals surface area contributed by atoms with Crippen LogP contribution in [0.3, 0.4) is 0 Å². The Morgan fingerprint density at radius 1 is 0.947 bits per heavy atom. The van der Waals surface area contributed by atoms with Crippen molar-refractivity contribution in [1.82, 2.24) is 0 Å². The van der Waals surface area contributed by atoms with Gasteiger partial charge in [0.1, 0.15) is 0 Å². The van der Waals surface area contributed by atoms with Crippen molar-refractivity contribution in [3.8, 4) is 0 Å². The van der Waals surface area contributed by atoms with Crippen LogP contribution < -0.4 is 5.73 Å². The van der Waals surface area contributed by atoms with Gasteiger partial charge in [-0.3, -0.25) is 0 Å². The third kappa shape index (κ3) is 3.50. The van der Waals surface area contributed by atoms with Crippen LogP contribution in [0.25, 0.3) is 0 Å². The van der Waals surface area contributed by atoms with Crippen molar-refractivity contribution >= 4 is 23.2 Å². The first-order valence-electron chi connectivity index (χ1n) is 6.33. The molecule has 0 saturated heterocycles. The van der Waals surface area contributed by atoms with E-state index in [1.807, 2.05) is 30.3 Å². The van der Waals surface area contributed by atoms with E-state index in [4.69, 9.17) is 28.9 Å². The lowest BCUT2D eigenvalue weighted by Crippen LogP contribution is -2.18. The predicted molar refractivity (Wildman–Crippen MR) is 83.1 cm³/mol. The second-order valence-corrected chi connectivity index (χ2v) is 5.61. The monoisotopic (exact) mass is 293 g/mol. The average molecular weight is 294 g/mol. The summed E-state index contributed by atoms with van der Waals surface area (Å²) in [6.07, 6.45) is 0. The summed E-state index contributed by atoms with van der Waals surface area (Å²) in [7, 11) is 0. The molecular formula is C16H17Cl2N. The Morgan fingerprint density at radius 2 is 1.63 bits per heavy atom. The average Bonchev–Trinajstić information content (AvgIpc) is 2.40. The summed E-state index contributed by atoms with van der Waals surface area (Å²) in [5, 5.41) is 1.50. The zero-order valence-corrected chi connectivity index (χ0v) is 12.3. The molecule has 2 aromatic rings. The maximum absolute atomic E-state index is 6.06. The largest absolute Gasteiger partial charge is 0.330 e. The second-order valence-electron chi connectivity index (χ2n) is 4.74. The van der Waals surface area contributed by atoms with Gasteiger partial charge in [0.2, 0.25) is 0 Å². The Bertz CT molecular complexity index is 537. The molecule has 0 fully saturated rings. The molecule has 0 bridgehead atoms. The highest BCUT2D eigenvalue weighted by atomic mass is 35.5. The molecule has 0 aliphatic carbocycles. The van der Waals surface area contributed by atoms with Gasteiger partial charge in [-0.05, 0) is 47.9 Å². The molecule has 0 radical (unpaired) electrons. The van der Waals surface area contributed by atoms with Crippen LogP contribution in [0.15, 0.2) is 48.5 Å².